The molecule has 1 fully saturated rings. The van der Waals surface area contributed by atoms with Gasteiger partial charge in [0, 0.05) is 18.7 Å². The Morgan fingerprint density at radius 1 is 1.12 bits per heavy atom. The lowest BCUT2D eigenvalue weighted by atomic mass is 9.97. The summed E-state index contributed by atoms with van der Waals surface area (Å²) in [6.45, 7) is 3.89. The second-order valence-electron chi connectivity index (χ2n) is 6.30. The molecule has 1 aromatic carbocycles. The van der Waals surface area contributed by atoms with E-state index in [1.54, 1.807) is 18.2 Å². The number of rotatable bonds is 5. The molecule has 126 valence electrons. The van der Waals surface area contributed by atoms with Crippen molar-refractivity contribution in [3.05, 3.63) is 58.3 Å². The van der Waals surface area contributed by atoms with E-state index in [0.29, 0.717) is 16.4 Å². The van der Waals surface area contributed by atoms with Gasteiger partial charge in [-0.15, -0.1) is 11.3 Å². The standard InChI is InChI=1S/C19H22N2O2S/c1-14-9-11-21(12-10-14)18(17(22)15-6-3-2-4-7-15)20-19(23)16-8-5-13-24-16/h2-8,13-14,18H,9-12H2,1H3,(H,20,23)/t18-/m0/s1. The van der Waals surface area contributed by atoms with E-state index in [9.17, 15) is 9.59 Å². The molecule has 1 N–H and O–H groups in total. The van der Waals surface area contributed by atoms with E-state index < -0.39 is 6.17 Å². The van der Waals surface area contributed by atoms with Crippen molar-refractivity contribution in [3.63, 3.8) is 0 Å². The molecule has 1 aliphatic heterocycles. The van der Waals surface area contributed by atoms with Crippen molar-refractivity contribution < 1.29 is 9.59 Å². The van der Waals surface area contributed by atoms with Crippen LogP contribution in [-0.4, -0.2) is 35.8 Å². The summed E-state index contributed by atoms with van der Waals surface area (Å²) < 4.78 is 0. The first-order chi connectivity index (χ1) is 11.6. The molecule has 0 bridgehead atoms. The summed E-state index contributed by atoms with van der Waals surface area (Å²) in [6, 6.07) is 12.8. The van der Waals surface area contributed by atoms with Crippen molar-refractivity contribution >= 4 is 23.0 Å². The van der Waals surface area contributed by atoms with E-state index in [4.69, 9.17) is 0 Å². The van der Waals surface area contributed by atoms with Gasteiger partial charge in [0.15, 0.2) is 5.78 Å². The summed E-state index contributed by atoms with van der Waals surface area (Å²) in [5.41, 5.74) is 0.632. The molecule has 2 aromatic rings. The van der Waals surface area contributed by atoms with Crippen LogP contribution in [-0.2, 0) is 0 Å². The first-order valence-corrected chi connectivity index (χ1v) is 9.21. The third-order valence-electron chi connectivity index (χ3n) is 4.50. The number of thiophene rings is 1. The van der Waals surface area contributed by atoms with Gasteiger partial charge < -0.3 is 5.32 Å². The molecule has 1 amide bonds. The number of carbonyl (C=O) groups excluding carboxylic acids is 2. The zero-order valence-electron chi connectivity index (χ0n) is 13.8. The quantitative estimate of drug-likeness (QED) is 0.847. The average Bonchev–Trinajstić information content (AvgIpc) is 3.15. The van der Waals surface area contributed by atoms with Crippen molar-refractivity contribution in [2.75, 3.05) is 13.1 Å². The van der Waals surface area contributed by atoms with Crippen LogP contribution < -0.4 is 5.32 Å². The number of hydrogen-bond acceptors (Lipinski definition) is 4. The normalized spacial score (nSPS) is 17.4. The highest BCUT2D eigenvalue weighted by molar-refractivity contribution is 7.12. The van der Waals surface area contributed by atoms with Gasteiger partial charge in [-0.25, -0.2) is 0 Å². The van der Waals surface area contributed by atoms with Gasteiger partial charge in [0.05, 0.1) is 4.88 Å². The molecule has 0 saturated carbocycles. The molecule has 5 heteroatoms. The van der Waals surface area contributed by atoms with E-state index in [2.05, 4.69) is 17.1 Å². The Hall–Kier alpha value is -1.98. The zero-order chi connectivity index (χ0) is 16.9. The van der Waals surface area contributed by atoms with E-state index in [1.807, 2.05) is 29.6 Å². The van der Waals surface area contributed by atoms with Crippen LogP contribution >= 0.6 is 11.3 Å². The molecule has 1 atom stereocenters. The molecule has 1 saturated heterocycles. The van der Waals surface area contributed by atoms with Crippen LogP contribution in [0.15, 0.2) is 47.8 Å². The predicted octanol–water partition coefficient (Wildman–Crippen LogP) is 3.42. The number of piperidine rings is 1. The van der Waals surface area contributed by atoms with E-state index >= 15 is 0 Å². The lowest BCUT2D eigenvalue weighted by molar-refractivity contribution is 0.0620. The Kier molecular flexibility index (Phi) is 5.43. The summed E-state index contributed by atoms with van der Waals surface area (Å²) in [6.07, 6.45) is 1.50. The van der Waals surface area contributed by atoms with Gasteiger partial charge in [-0.2, -0.15) is 0 Å². The fourth-order valence-corrected chi connectivity index (χ4v) is 3.60. The van der Waals surface area contributed by atoms with Crippen LogP contribution in [0, 0.1) is 5.92 Å². The highest BCUT2D eigenvalue weighted by atomic mass is 32.1. The largest absolute Gasteiger partial charge is 0.329 e. The second-order valence-corrected chi connectivity index (χ2v) is 7.25. The fraction of sp³-hybridized carbons (Fsp3) is 0.368. The summed E-state index contributed by atoms with van der Waals surface area (Å²) >= 11 is 1.39. The van der Waals surface area contributed by atoms with Crippen molar-refractivity contribution in [2.24, 2.45) is 5.92 Å². The maximum Gasteiger partial charge on any atom is 0.262 e. The SMILES string of the molecule is CC1CCN([C@H](NC(=O)c2cccs2)C(=O)c2ccccc2)CC1. The van der Waals surface area contributed by atoms with Gasteiger partial charge in [-0.1, -0.05) is 43.3 Å². The lowest BCUT2D eigenvalue weighted by Gasteiger charge is -2.36. The van der Waals surface area contributed by atoms with Crippen LogP contribution in [0.2, 0.25) is 0 Å². The number of nitrogens with one attached hydrogen (secondary N) is 1. The summed E-state index contributed by atoms with van der Waals surface area (Å²) in [5, 5.41) is 4.82. The fourth-order valence-electron chi connectivity index (χ4n) is 2.97. The number of benzene rings is 1. The van der Waals surface area contributed by atoms with E-state index in [-0.39, 0.29) is 11.7 Å². The number of likely N-dealkylation sites (tertiary alicyclic amines) is 1. The van der Waals surface area contributed by atoms with Gasteiger partial charge in [0.25, 0.3) is 5.91 Å². The Morgan fingerprint density at radius 3 is 2.46 bits per heavy atom. The molecule has 0 aliphatic carbocycles. The monoisotopic (exact) mass is 342 g/mol. The molecular formula is C19H22N2O2S. The molecule has 0 radical (unpaired) electrons. The van der Waals surface area contributed by atoms with Gasteiger partial charge in [0.2, 0.25) is 0 Å². The highest BCUT2D eigenvalue weighted by Crippen LogP contribution is 2.20. The summed E-state index contributed by atoms with van der Waals surface area (Å²) in [5.74, 6) is 0.440. The first kappa shape index (κ1) is 16.9. The third-order valence-corrected chi connectivity index (χ3v) is 5.37. The Labute approximate surface area is 146 Å². The number of carbonyl (C=O) groups is 2. The zero-order valence-corrected chi connectivity index (χ0v) is 14.6. The number of Topliss-reactive ketones (excluding diaryl/α,β-unsaturated/α-hetero) is 1. The van der Waals surface area contributed by atoms with Gasteiger partial charge in [0.1, 0.15) is 6.17 Å². The number of ketones is 1. The highest BCUT2D eigenvalue weighted by Gasteiger charge is 2.31. The minimum absolute atomic E-state index is 0.0462. The van der Waals surface area contributed by atoms with Crippen LogP contribution in [0.5, 0.6) is 0 Å². The van der Waals surface area contributed by atoms with Crippen molar-refractivity contribution in [1.82, 2.24) is 10.2 Å². The second kappa shape index (κ2) is 7.73. The Balaban J connectivity index is 1.80. The molecule has 0 spiro atoms. The van der Waals surface area contributed by atoms with Crippen LogP contribution in [0.3, 0.4) is 0 Å². The lowest BCUT2D eigenvalue weighted by Crippen LogP contribution is -2.55. The molecule has 1 aromatic heterocycles. The number of amides is 1. The molecule has 4 nitrogen and oxygen atoms in total. The van der Waals surface area contributed by atoms with Crippen molar-refractivity contribution in [3.8, 4) is 0 Å². The Bertz CT molecular complexity index is 677. The molecular weight excluding hydrogens is 320 g/mol. The molecule has 0 unspecified atom stereocenters. The van der Waals surface area contributed by atoms with E-state index in [1.165, 1.54) is 11.3 Å². The number of hydrogen-bond donors (Lipinski definition) is 1. The topological polar surface area (TPSA) is 49.4 Å². The maximum atomic E-state index is 13.0. The molecule has 2 heterocycles. The molecule has 1 aliphatic rings. The smallest absolute Gasteiger partial charge is 0.262 e. The third kappa shape index (κ3) is 3.91. The average molecular weight is 342 g/mol. The van der Waals surface area contributed by atoms with Gasteiger partial charge >= 0.3 is 0 Å². The van der Waals surface area contributed by atoms with Crippen LogP contribution in [0.4, 0.5) is 0 Å². The summed E-state index contributed by atoms with van der Waals surface area (Å²) in [4.78, 5) is 28.2. The minimum atomic E-state index is -0.602. The summed E-state index contributed by atoms with van der Waals surface area (Å²) in [7, 11) is 0. The number of nitrogens with zero attached hydrogens (tertiary/aromatic N) is 1. The van der Waals surface area contributed by atoms with Crippen LogP contribution in [0.1, 0.15) is 39.8 Å². The minimum Gasteiger partial charge on any atom is -0.329 e. The van der Waals surface area contributed by atoms with Gasteiger partial charge in [-0.05, 0) is 30.2 Å². The predicted molar refractivity (Wildman–Crippen MR) is 96.3 cm³/mol. The van der Waals surface area contributed by atoms with Crippen molar-refractivity contribution in [1.29, 1.82) is 0 Å². The molecule has 3 rings (SSSR count). The van der Waals surface area contributed by atoms with Crippen molar-refractivity contribution in [2.45, 2.75) is 25.9 Å². The van der Waals surface area contributed by atoms with Gasteiger partial charge in [-0.3, -0.25) is 14.5 Å². The first-order valence-electron chi connectivity index (χ1n) is 8.33. The maximum absolute atomic E-state index is 13.0. The van der Waals surface area contributed by atoms with Crippen LogP contribution in [0.25, 0.3) is 0 Å². The Morgan fingerprint density at radius 2 is 1.83 bits per heavy atom. The molecule has 24 heavy (non-hydrogen) atoms. The van der Waals surface area contributed by atoms with E-state index in [0.717, 1.165) is 25.9 Å².